The number of morpholine rings is 1. The smallest absolute Gasteiger partial charge is 0.256 e. The fourth-order valence-corrected chi connectivity index (χ4v) is 3.96. The van der Waals surface area contributed by atoms with Crippen molar-refractivity contribution in [2.45, 2.75) is 37.8 Å². The van der Waals surface area contributed by atoms with Gasteiger partial charge in [0.2, 0.25) is 0 Å². The SMILES string of the molecule is O=C(c1ccccc1Nc1ccccc1)N1CCOC2CCCCC21. The molecular weight excluding hydrogens is 312 g/mol. The predicted octanol–water partition coefficient (Wildman–Crippen LogP) is 4.21. The number of anilines is 2. The van der Waals surface area contributed by atoms with E-state index in [4.69, 9.17) is 4.74 Å². The van der Waals surface area contributed by atoms with Crippen molar-refractivity contribution in [1.29, 1.82) is 0 Å². The van der Waals surface area contributed by atoms with Crippen molar-refractivity contribution < 1.29 is 9.53 Å². The van der Waals surface area contributed by atoms with Gasteiger partial charge in [0, 0.05) is 12.2 Å². The van der Waals surface area contributed by atoms with Crippen molar-refractivity contribution in [3.63, 3.8) is 0 Å². The summed E-state index contributed by atoms with van der Waals surface area (Å²) in [7, 11) is 0. The Morgan fingerprint density at radius 1 is 1.00 bits per heavy atom. The van der Waals surface area contributed by atoms with Crippen LogP contribution in [0.2, 0.25) is 0 Å². The molecule has 1 saturated carbocycles. The number of benzene rings is 2. The van der Waals surface area contributed by atoms with E-state index in [-0.39, 0.29) is 18.1 Å². The van der Waals surface area contributed by atoms with Crippen LogP contribution in [0.4, 0.5) is 11.4 Å². The van der Waals surface area contributed by atoms with Gasteiger partial charge in [-0.3, -0.25) is 4.79 Å². The zero-order valence-electron chi connectivity index (χ0n) is 14.4. The fourth-order valence-electron chi connectivity index (χ4n) is 3.96. The van der Waals surface area contributed by atoms with Crippen LogP contribution in [0.5, 0.6) is 0 Å². The van der Waals surface area contributed by atoms with Gasteiger partial charge in [-0.2, -0.15) is 0 Å². The Morgan fingerprint density at radius 3 is 2.64 bits per heavy atom. The molecule has 1 amide bonds. The summed E-state index contributed by atoms with van der Waals surface area (Å²) in [5, 5.41) is 3.39. The largest absolute Gasteiger partial charge is 0.374 e. The van der Waals surface area contributed by atoms with Gasteiger partial charge in [-0.05, 0) is 37.1 Å². The molecule has 2 unspecified atom stereocenters. The third-order valence-electron chi connectivity index (χ3n) is 5.20. The van der Waals surface area contributed by atoms with Crippen molar-refractivity contribution >= 4 is 17.3 Å². The highest BCUT2D eigenvalue weighted by molar-refractivity contribution is 6.00. The Bertz CT molecular complexity index is 730. The fraction of sp³-hybridized carbons (Fsp3) is 0.381. The molecule has 130 valence electrons. The third-order valence-corrected chi connectivity index (χ3v) is 5.20. The first-order valence-corrected chi connectivity index (χ1v) is 9.16. The molecule has 0 bridgehead atoms. The predicted molar refractivity (Wildman–Crippen MR) is 99.2 cm³/mol. The van der Waals surface area contributed by atoms with Crippen LogP contribution in [-0.2, 0) is 4.74 Å². The molecular formula is C21H24N2O2. The Labute approximate surface area is 148 Å². The number of para-hydroxylation sites is 2. The molecule has 4 nitrogen and oxygen atoms in total. The molecule has 2 fully saturated rings. The molecule has 0 aromatic heterocycles. The average molecular weight is 336 g/mol. The number of carbonyl (C=O) groups excluding carboxylic acids is 1. The van der Waals surface area contributed by atoms with E-state index in [2.05, 4.69) is 5.32 Å². The number of nitrogens with one attached hydrogen (secondary N) is 1. The van der Waals surface area contributed by atoms with Gasteiger partial charge in [0.15, 0.2) is 0 Å². The molecule has 0 spiro atoms. The molecule has 4 heteroatoms. The van der Waals surface area contributed by atoms with Crippen molar-refractivity contribution in [1.82, 2.24) is 4.90 Å². The Hall–Kier alpha value is -2.33. The van der Waals surface area contributed by atoms with Crippen molar-refractivity contribution in [3.05, 3.63) is 60.2 Å². The van der Waals surface area contributed by atoms with Gasteiger partial charge in [0.1, 0.15) is 0 Å². The standard InChI is InChI=1S/C21H24N2O2/c24-21(23-14-15-25-20-13-7-6-12-19(20)23)17-10-4-5-11-18(17)22-16-8-2-1-3-9-16/h1-5,8-11,19-20,22H,6-7,12-15H2. The van der Waals surface area contributed by atoms with Crippen molar-refractivity contribution in [2.75, 3.05) is 18.5 Å². The van der Waals surface area contributed by atoms with Crippen LogP contribution in [0.15, 0.2) is 54.6 Å². The molecule has 25 heavy (non-hydrogen) atoms. The second-order valence-electron chi connectivity index (χ2n) is 6.80. The highest BCUT2D eigenvalue weighted by atomic mass is 16.5. The number of fused-ring (bicyclic) bond motifs is 1. The molecule has 1 saturated heterocycles. The number of rotatable bonds is 3. The third kappa shape index (κ3) is 3.40. The molecule has 1 N–H and O–H groups in total. The molecule has 1 heterocycles. The Kier molecular flexibility index (Phi) is 4.70. The average Bonchev–Trinajstić information content (AvgIpc) is 2.68. The quantitative estimate of drug-likeness (QED) is 0.913. The summed E-state index contributed by atoms with van der Waals surface area (Å²) in [5.74, 6) is 0.110. The minimum Gasteiger partial charge on any atom is -0.374 e. The molecule has 2 atom stereocenters. The summed E-state index contributed by atoms with van der Waals surface area (Å²) in [5.41, 5.74) is 2.58. The van der Waals surface area contributed by atoms with Crippen LogP contribution >= 0.6 is 0 Å². The first kappa shape index (κ1) is 16.2. The molecule has 2 aliphatic rings. The van der Waals surface area contributed by atoms with Crippen LogP contribution in [-0.4, -0.2) is 36.1 Å². The minimum atomic E-state index is 0.110. The molecule has 2 aromatic carbocycles. The highest BCUT2D eigenvalue weighted by Crippen LogP contribution is 2.31. The maximum atomic E-state index is 13.3. The lowest BCUT2D eigenvalue weighted by molar-refractivity contribution is -0.0752. The van der Waals surface area contributed by atoms with Crippen LogP contribution < -0.4 is 5.32 Å². The molecule has 4 rings (SSSR count). The number of nitrogens with zero attached hydrogens (tertiary/aromatic N) is 1. The number of amides is 1. The van der Waals surface area contributed by atoms with E-state index in [9.17, 15) is 4.79 Å². The number of hydrogen-bond donors (Lipinski definition) is 1. The van der Waals surface area contributed by atoms with E-state index >= 15 is 0 Å². The lowest BCUT2D eigenvalue weighted by atomic mass is 9.89. The maximum Gasteiger partial charge on any atom is 0.256 e. The van der Waals surface area contributed by atoms with Crippen LogP contribution in [0.25, 0.3) is 0 Å². The van der Waals surface area contributed by atoms with Gasteiger partial charge in [0.05, 0.1) is 30.0 Å². The van der Waals surface area contributed by atoms with Gasteiger partial charge >= 0.3 is 0 Å². The summed E-state index contributed by atoms with van der Waals surface area (Å²) in [4.78, 5) is 15.3. The van der Waals surface area contributed by atoms with Gasteiger partial charge in [-0.1, -0.05) is 43.2 Å². The van der Waals surface area contributed by atoms with E-state index < -0.39 is 0 Å². The second kappa shape index (κ2) is 7.28. The summed E-state index contributed by atoms with van der Waals surface area (Å²) in [6.07, 6.45) is 4.71. The number of carbonyl (C=O) groups is 1. The van der Waals surface area contributed by atoms with Crippen LogP contribution in [0.1, 0.15) is 36.0 Å². The first-order valence-electron chi connectivity index (χ1n) is 9.16. The zero-order valence-corrected chi connectivity index (χ0v) is 14.4. The summed E-state index contributed by atoms with van der Waals surface area (Å²) in [6, 6.07) is 18.0. The minimum absolute atomic E-state index is 0.110. The molecule has 1 aliphatic heterocycles. The zero-order chi connectivity index (χ0) is 17.1. The van der Waals surface area contributed by atoms with Crippen LogP contribution in [0, 0.1) is 0 Å². The topological polar surface area (TPSA) is 41.6 Å². The lowest BCUT2D eigenvalue weighted by Crippen LogP contribution is -2.54. The molecule has 2 aromatic rings. The number of hydrogen-bond acceptors (Lipinski definition) is 3. The maximum absolute atomic E-state index is 13.3. The summed E-state index contributed by atoms with van der Waals surface area (Å²) in [6.45, 7) is 1.32. The van der Waals surface area contributed by atoms with E-state index in [0.29, 0.717) is 13.2 Å². The number of ether oxygens (including phenoxy) is 1. The van der Waals surface area contributed by atoms with E-state index in [1.54, 1.807) is 0 Å². The van der Waals surface area contributed by atoms with Crippen molar-refractivity contribution in [2.24, 2.45) is 0 Å². The lowest BCUT2D eigenvalue weighted by Gasteiger charge is -2.44. The first-order chi connectivity index (χ1) is 12.3. The molecule has 1 aliphatic carbocycles. The normalized spacial score (nSPS) is 23.0. The van der Waals surface area contributed by atoms with Gasteiger partial charge in [0.25, 0.3) is 5.91 Å². The van der Waals surface area contributed by atoms with Gasteiger partial charge < -0.3 is 15.0 Å². The van der Waals surface area contributed by atoms with Gasteiger partial charge in [-0.25, -0.2) is 0 Å². The Morgan fingerprint density at radius 2 is 1.76 bits per heavy atom. The van der Waals surface area contributed by atoms with E-state index in [1.165, 1.54) is 12.8 Å². The molecule has 0 radical (unpaired) electrons. The van der Waals surface area contributed by atoms with Crippen molar-refractivity contribution in [3.8, 4) is 0 Å². The highest BCUT2D eigenvalue weighted by Gasteiger charge is 2.37. The monoisotopic (exact) mass is 336 g/mol. The van der Waals surface area contributed by atoms with E-state index in [1.807, 2.05) is 59.5 Å². The van der Waals surface area contributed by atoms with Crippen LogP contribution in [0.3, 0.4) is 0 Å². The Balaban J connectivity index is 1.59. The van der Waals surface area contributed by atoms with Gasteiger partial charge in [-0.15, -0.1) is 0 Å². The summed E-state index contributed by atoms with van der Waals surface area (Å²) >= 11 is 0. The van der Waals surface area contributed by atoms with E-state index in [0.717, 1.165) is 29.8 Å². The second-order valence-corrected chi connectivity index (χ2v) is 6.80. The summed E-state index contributed by atoms with van der Waals surface area (Å²) < 4.78 is 5.91.